The number of fused-ring (bicyclic) bond motifs is 7. The summed E-state index contributed by atoms with van der Waals surface area (Å²) in [4.78, 5) is 34.9. The van der Waals surface area contributed by atoms with E-state index in [1.165, 1.54) is 24.8 Å². The van der Waals surface area contributed by atoms with E-state index in [4.69, 9.17) is 21.3 Å². The Hall–Kier alpha value is -2.40. The van der Waals surface area contributed by atoms with Crippen molar-refractivity contribution in [3.05, 3.63) is 52.5 Å². The van der Waals surface area contributed by atoms with E-state index in [0.29, 0.717) is 30.0 Å². The fourth-order valence-corrected chi connectivity index (χ4v) is 12.8. The van der Waals surface area contributed by atoms with E-state index in [9.17, 15) is 9.59 Å². The largest absolute Gasteiger partial charge is 0.462 e. The number of esters is 1. The minimum absolute atomic E-state index is 0.0102. The van der Waals surface area contributed by atoms with Crippen molar-refractivity contribution in [2.75, 3.05) is 0 Å². The molecule has 8 atom stereocenters. The first-order chi connectivity index (χ1) is 21.6. The lowest BCUT2D eigenvalue weighted by Crippen LogP contribution is -2.66. The van der Waals surface area contributed by atoms with Gasteiger partial charge in [0.1, 0.15) is 11.9 Å². The summed E-state index contributed by atoms with van der Waals surface area (Å²) in [6.07, 6.45) is 11.2. The van der Waals surface area contributed by atoms with Crippen molar-refractivity contribution in [1.29, 1.82) is 0 Å². The lowest BCUT2D eigenvalue weighted by Gasteiger charge is -2.72. The molecule has 5 aliphatic rings. The number of nitrogens with zero attached hydrogens (tertiary/aromatic N) is 1. The number of Topliss-reactive ketones (excluding diaryl/α,β-unsaturated/α-hetero) is 1. The van der Waals surface area contributed by atoms with Gasteiger partial charge in [0.15, 0.2) is 5.78 Å². The molecule has 0 aliphatic heterocycles. The first-order valence-corrected chi connectivity index (χ1v) is 18.2. The highest BCUT2D eigenvalue weighted by atomic mass is 35.5. The number of benzene rings is 1. The number of imidazole rings is 1. The van der Waals surface area contributed by atoms with E-state index < -0.39 is 0 Å². The predicted molar refractivity (Wildman–Crippen MR) is 183 cm³/mol. The predicted octanol–water partition coefficient (Wildman–Crippen LogP) is 9.89. The third-order valence-electron chi connectivity index (χ3n) is 14.9. The van der Waals surface area contributed by atoms with Crippen molar-refractivity contribution in [3.63, 3.8) is 0 Å². The summed E-state index contributed by atoms with van der Waals surface area (Å²) in [6, 6.07) is 7.90. The van der Waals surface area contributed by atoms with Crippen LogP contribution in [0.1, 0.15) is 119 Å². The van der Waals surface area contributed by atoms with Gasteiger partial charge in [-0.3, -0.25) is 9.59 Å². The van der Waals surface area contributed by atoms with E-state index in [2.05, 4.69) is 53.5 Å². The summed E-state index contributed by atoms with van der Waals surface area (Å²) < 4.78 is 5.96. The topological polar surface area (TPSA) is 72.1 Å². The zero-order valence-electron chi connectivity index (χ0n) is 29.2. The van der Waals surface area contributed by atoms with Gasteiger partial charge in [-0.15, -0.1) is 0 Å². The minimum atomic E-state index is -0.361. The standard InChI is InChI=1S/C40H53ClN2O3/c1-23(2)33-29(45)21-40(35-42-22-28(43-35)25-9-11-26(41)12-10-25)20-19-38(7)27(34(33)40)13-14-31-37(6)17-16-32(46-24(3)44)36(4,5)30(37)15-18-39(31,38)8/h9-12,22-23,27,30-32H,13-21H2,1-8H3,(H,42,43)/t27-,30+,31-,32+,37+,38-,39-,40-/m1/s1. The quantitative estimate of drug-likeness (QED) is 0.336. The first-order valence-electron chi connectivity index (χ1n) is 17.8. The van der Waals surface area contributed by atoms with Crippen molar-refractivity contribution < 1.29 is 14.3 Å². The van der Waals surface area contributed by atoms with Gasteiger partial charge < -0.3 is 9.72 Å². The Morgan fingerprint density at radius 3 is 2.33 bits per heavy atom. The molecule has 4 fully saturated rings. The van der Waals surface area contributed by atoms with Crippen LogP contribution in [0.15, 0.2) is 41.6 Å². The molecule has 0 radical (unpaired) electrons. The van der Waals surface area contributed by atoms with Gasteiger partial charge in [-0.05, 0) is 120 Å². The highest BCUT2D eigenvalue weighted by Crippen LogP contribution is 2.76. The highest BCUT2D eigenvalue weighted by molar-refractivity contribution is 6.30. The van der Waals surface area contributed by atoms with Gasteiger partial charge in [-0.2, -0.15) is 0 Å². The number of H-pyrrole nitrogens is 1. The summed E-state index contributed by atoms with van der Waals surface area (Å²) >= 11 is 6.19. The van der Waals surface area contributed by atoms with Gasteiger partial charge >= 0.3 is 5.97 Å². The second-order valence-electron chi connectivity index (χ2n) is 17.4. The molecule has 1 aromatic carbocycles. The van der Waals surface area contributed by atoms with Crippen LogP contribution in [0, 0.1) is 45.3 Å². The molecule has 248 valence electrons. The van der Waals surface area contributed by atoms with Crippen LogP contribution in [0.5, 0.6) is 0 Å². The van der Waals surface area contributed by atoms with Gasteiger partial charge in [0, 0.05) is 23.8 Å². The number of carbonyl (C=O) groups is 2. The summed E-state index contributed by atoms with van der Waals surface area (Å²) in [5.74, 6) is 2.81. The molecule has 5 nitrogen and oxygen atoms in total. The summed E-state index contributed by atoms with van der Waals surface area (Å²) in [6.45, 7) is 18.5. The number of ketones is 1. The molecular weight excluding hydrogens is 592 g/mol. The van der Waals surface area contributed by atoms with Crippen LogP contribution in [-0.4, -0.2) is 27.8 Å². The maximum absolute atomic E-state index is 14.1. The second kappa shape index (κ2) is 10.5. The zero-order chi connectivity index (χ0) is 33.0. The first kappa shape index (κ1) is 32.2. The van der Waals surface area contributed by atoms with Crippen LogP contribution in [0.3, 0.4) is 0 Å². The molecule has 1 N–H and O–H groups in total. The number of nitrogens with one attached hydrogen (secondary N) is 1. The average Bonchev–Trinajstić information content (AvgIpc) is 3.59. The molecule has 0 unspecified atom stereocenters. The van der Waals surface area contributed by atoms with Crippen LogP contribution in [0.25, 0.3) is 11.3 Å². The van der Waals surface area contributed by atoms with Crippen molar-refractivity contribution in [2.24, 2.45) is 45.3 Å². The van der Waals surface area contributed by atoms with E-state index in [-0.39, 0.29) is 45.1 Å². The Morgan fingerprint density at radius 2 is 1.65 bits per heavy atom. The van der Waals surface area contributed by atoms with Crippen molar-refractivity contribution in [3.8, 4) is 11.3 Å². The molecular formula is C40H53ClN2O3. The summed E-state index contributed by atoms with van der Waals surface area (Å²) in [5.41, 5.74) is 4.59. The number of hydrogen-bond acceptors (Lipinski definition) is 4. The van der Waals surface area contributed by atoms with Gasteiger partial charge in [0.05, 0.1) is 17.3 Å². The second-order valence-corrected chi connectivity index (χ2v) is 17.8. The van der Waals surface area contributed by atoms with E-state index in [1.807, 2.05) is 30.5 Å². The smallest absolute Gasteiger partial charge is 0.302 e. The Kier molecular flexibility index (Phi) is 7.38. The van der Waals surface area contributed by atoms with E-state index in [0.717, 1.165) is 59.8 Å². The normalized spacial score (nSPS) is 39.8. The Balaban J connectivity index is 1.28. The molecule has 0 amide bonds. The van der Waals surface area contributed by atoms with Gasteiger partial charge in [0.2, 0.25) is 0 Å². The number of rotatable bonds is 4. The van der Waals surface area contributed by atoms with Crippen molar-refractivity contribution in [2.45, 2.75) is 125 Å². The monoisotopic (exact) mass is 644 g/mol. The Bertz CT molecular complexity index is 1600. The molecule has 0 spiro atoms. The van der Waals surface area contributed by atoms with E-state index in [1.54, 1.807) is 6.92 Å². The van der Waals surface area contributed by atoms with Gasteiger partial charge in [-0.1, -0.05) is 72.2 Å². The van der Waals surface area contributed by atoms with Crippen molar-refractivity contribution in [1.82, 2.24) is 9.97 Å². The molecule has 5 aliphatic carbocycles. The maximum Gasteiger partial charge on any atom is 0.302 e. The molecule has 0 saturated heterocycles. The number of carbonyl (C=O) groups excluding carboxylic acids is 2. The lowest BCUT2D eigenvalue weighted by molar-refractivity contribution is -0.231. The maximum atomic E-state index is 14.1. The number of hydrogen-bond donors (Lipinski definition) is 1. The SMILES string of the molecule is CC(=O)O[C@H]1CC[C@]2(C)[C@H]3CC[C@@H]4C5=C(C(C)C)C(=O)C[C@]5(c5ncc(-c6ccc(Cl)cc6)[nH]5)CC[C@@]4(C)[C@]3(C)CC[C@H]2C1(C)C. The van der Waals surface area contributed by atoms with Gasteiger partial charge in [-0.25, -0.2) is 4.98 Å². The Labute approximate surface area is 280 Å². The molecule has 6 heteroatoms. The van der Waals surface area contributed by atoms with Crippen LogP contribution in [0.4, 0.5) is 0 Å². The third kappa shape index (κ3) is 4.28. The summed E-state index contributed by atoms with van der Waals surface area (Å²) in [5, 5.41) is 0.717. The number of aromatic nitrogens is 2. The number of allylic oxidation sites excluding steroid dienone is 2. The van der Waals surface area contributed by atoms with Crippen LogP contribution in [0.2, 0.25) is 5.02 Å². The van der Waals surface area contributed by atoms with Gasteiger partial charge in [0.25, 0.3) is 0 Å². The van der Waals surface area contributed by atoms with Crippen LogP contribution >= 0.6 is 11.6 Å². The number of halogens is 1. The number of ether oxygens (including phenoxy) is 1. The minimum Gasteiger partial charge on any atom is -0.462 e. The molecule has 1 aromatic heterocycles. The van der Waals surface area contributed by atoms with Crippen LogP contribution in [-0.2, 0) is 19.7 Å². The molecule has 0 bridgehead atoms. The molecule has 4 saturated carbocycles. The Morgan fingerprint density at radius 1 is 0.935 bits per heavy atom. The van der Waals surface area contributed by atoms with E-state index >= 15 is 0 Å². The molecule has 2 aromatic rings. The molecule has 7 rings (SSSR count). The highest BCUT2D eigenvalue weighted by Gasteiger charge is 2.70. The lowest BCUT2D eigenvalue weighted by atomic mass is 9.33. The third-order valence-corrected chi connectivity index (χ3v) is 15.1. The van der Waals surface area contributed by atoms with Crippen LogP contribution < -0.4 is 0 Å². The number of aromatic amines is 1. The average molecular weight is 645 g/mol. The zero-order valence-corrected chi connectivity index (χ0v) is 29.9. The molecule has 1 heterocycles. The fourth-order valence-electron chi connectivity index (χ4n) is 12.6. The van der Waals surface area contributed by atoms with Crippen molar-refractivity contribution >= 4 is 23.4 Å². The summed E-state index contributed by atoms with van der Waals surface area (Å²) in [7, 11) is 0. The molecule has 46 heavy (non-hydrogen) atoms. The fraction of sp³-hybridized carbons (Fsp3) is 0.675.